The second-order valence-corrected chi connectivity index (χ2v) is 10.9. The molecule has 1 spiro atoms. The van der Waals surface area contributed by atoms with Crippen LogP contribution in [0.25, 0.3) is 11.3 Å². The molecule has 0 radical (unpaired) electrons. The lowest BCUT2D eigenvalue weighted by atomic mass is 9.60. The molecule has 3 fully saturated rings. The van der Waals surface area contributed by atoms with Crippen molar-refractivity contribution in [2.75, 3.05) is 36.5 Å². The van der Waals surface area contributed by atoms with Crippen LogP contribution in [0.15, 0.2) is 18.3 Å². The zero-order valence-electron chi connectivity index (χ0n) is 18.3. The Morgan fingerprint density at radius 2 is 1.90 bits per heavy atom. The van der Waals surface area contributed by atoms with Crippen molar-refractivity contribution in [3.8, 4) is 11.3 Å². The van der Waals surface area contributed by atoms with Gasteiger partial charge in [-0.3, -0.25) is 4.68 Å². The van der Waals surface area contributed by atoms with Crippen molar-refractivity contribution < 1.29 is 0 Å². The molecule has 3 aliphatic rings. The summed E-state index contributed by atoms with van der Waals surface area (Å²) in [5, 5.41) is 16.9. The molecule has 2 aromatic heterocycles. The number of aromatic nitrogens is 4. The predicted octanol–water partition coefficient (Wildman–Crippen LogP) is 3.99. The Balaban J connectivity index is 1.09. The number of hydrogen-bond donors (Lipinski definition) is 1. The first-order valence-electron chi connectivity index (χ1n) is 11.5. The Morgan fingerprint density at radius 1 is 1.13 bits per heavy atom. The number of rotatable bonds is 5. The van der Waals surface area contributed by atoms with Crippen molar-refractivity contribution in [1.29, 1.82) is 0 Å². The summed E-state index contributed by atoms with van der Waals surface area (Å²) in [6.07, 6.45) is 10.2. The zero-order chi connectivity index (χ0) is 20.6. The van der Waals surface area contributed by atoms with Gasteiger partial charge in [0.2, 0.25) is 0 Å². The number of nitrogens with one attached hydrogen (secondary N) is 1. The third kappa shape index (κ3) is 4.37. The number of thioether (sulfide) groups is 1. The van der Waals surface area contributed by atoms with Gasteiger partial charge in [-0.25, -0.2) is 0 Å². The van der Waals surface area contributed by atoms with E-state index in [1.165, 1.54) is 69.7 Å². The van der Waals surface area contributed by atoms with Crippen LogP contribution in [-0.4, -0.2) is 62.1 Å². The molecular weight excluding hydrogens is 392 g/mol. The van der Waals surface area contributed by atoms with E-state index in [-0.39, 0.29) is 0 Å². The maximum atomic E-state index is 4.43. The van der Waals surface area contributed by atoms with Crippen LogP contribution in [0, 0.1) is 18.3 Å². The minimum atomic E-state index is 0.548. The summed E-state index contributed by atoms with van der Waals surface area (Å²) < 4.78 is 1.83. The molecule has 0 bridgehead atoms. The van der Waals surface area contributed by atoms with Gasteiger partial charge in [-0.05, 0) is 93.5 Å². The van der Waals surface area contributed by atoms with Crippen molar-refractivity contribution >= 4 is 17.6 Å². The minimum absolute atomic E-state index is 0.548. The zero-order valence-corrected chi connectivity index (χ0v) is 19.1. The molecule has 0 amide bonds. The van der Waals surface area contributed by atoms with Gasteiger partial charge in [-0.15, -0.1) is 10.2 Å². The molecule has 1 saturated carbocycles. The Hall–Kier alpha value is -1.60. The predicted molar refractivity (Wildman–Crippen MR) is 124 cm³/mol. The molecule has 2 aliphatic heterocycles. The number of hydrogen-bond acceptors (Lipinski definition) is 6. The van der Waals surface area contributed by atoms with Crippen LogP contribution in [0.5, 0.6) is 0 Å². The second kappa shape index (κ2) is 8.50. The molecular formula is C23H34N6S. The van der Waals surface area contributed by atoms with E-state index in [0.29, 0.717) is 11.5 Å². The monoisotopic (exact) mass is 426 g/mol. The van der Waals surface area contributed by atoms with Gasteiger partial charge in [-0.1, -0.05) is 0 Å². The lowest BCUT2D eigenvalue weighted by Gasteiger charge is -2.52. The fourth-order valence-electron chi connectivity index (χ4n) is 5.61. The second-order valence-electron chi connectivity index (χ2n) is 9.71. The van der Waals surface area contributed by atoms with Gasteiger partial charge < -0.3 is 10.2 Å². The Morgan fingerprint density at radius 3 is 2.53 bits per heavy atom. The van der Waals surface area contributed by atoms with Crippen molar-refractivity contribution in [2.24, 2.45) is 18.4 Å². The number of aryl methyl sites for hydroxylation is 2. The van der Waals surface area contributed by atoms with Crippen LogP contribution in [0.4, 0.5) is 5.82 Å². The summed E-state index contributed by atoms with van der Waals surface area (Å²) in [5.74, 6) is 4.60. The maximum Gasteiger partial charge on any atom is 0.148 e. The van der Waals surface area contributed by atoms with Crippen LogP contribution < -0.4 is 5.32 Å². The molecule has 162 valence electrons. The van der Waals surface area contributed by atoms with Crippen molar-refractivity contribution in [3.63, 3.8) is 0 Å². The van der Waals surface area contributed by atoms with E-state index < -0.39 is 0 Å². The number of nitrogens with zero attached hydrogens (tertiary/aromatic N) is 5. The molecule has 6 nitrogen and oxygen atoms in total. The first kappa shape index (κ1) is 20.3. The third-order valence-corrected chi connectivity index (χ3v) is 8.49. The van der Waals surface area contributed by atoms with Crippen LogP contribution in [0.1, 0.15) is 44.2 Å². The average Bonchev–Trinajstić information content (AvgIpc) is 3.08. The van der Waals surface area contributed by atoms with E-state index in [2.05, 4.69) is 49.4 Å². The van der Waals surface area contributed by atoms with Crippen LogP contribution in [0.2, 0.25) is 0 Å². The van der Waals surface area contributed by atoms with Crippen molar-refractivity contribution in [2.45, 2.75) is 51.5 Å². The quantitative estimate of drug-likeness (QED) is 0.780. The lowest BCUT2D eigenvalue weighted by Crippen LogP contribution is -2.52. The van der Waals surface area contributed by atoms with E-state index >= 15 is 0 Å². The molecule has 7 heteroatoms. The highest BCUT2D eigenvalue weighted by molar-refractivity contribution is 7.99. The van der Waals surface area contributed by atoms with Crippen LogP contribution >= 0.6 is 11.8 Å². The molecule has 4 heterocycles. The van der Waals surface area contributed by atoms with Crippen molar-refractivity contribution in [1.82, 2.24) is 24.9 Å². The van der Waals surface area contributed by atoms with Gasteiger partial charge >= 0.3 is 0 Å². The van der Waals surface area contributed by atoms with Gasteiger partial charge in [0.1, 0.15) is 5.82 Å². The Kier molecular flexibility index (Phi) is 5.75. The SMILES string of the molecule is Cc1nn(C)cc1-c1ccc(NC2CC3(CCN(CC4CCSCC4)CC3)C2)nn1. The first-order valence-corrected chi connectivity index (χ1v) is 12.7. The highest BCUT2D eigenvalue weighted by Gasteiger charge is 2.46. The summed E-state index contributed by atoms with van der Waals surface area (Å²) in [6, 6.07) is 4.66. The van der Waals surface area contributed by atoms with E-state index in [0.717, 1.165) is 28.7 Å². The van der Waals surface area contributed by atoms with E-state index in [1.54, 1.807) is 0 Å². The van der Waals surface area contributed by atoms with E-state index in [9.17, 15) is 0 Å². The first-order chi connectivity index (χ1) is 14.6. The van der Waals surface area contributed by atoms with E-state index in [4.69, 9.17) is 0 Å². The molecule has 1 N–H and O–H groups in total. The van der Waals surface area contributed by atoms with Gasteiger partial charge in [0.05, 0.1) is 11.4 Å². The van der Waals surface area contributed by atoms with Gasteiger partial charge in [-0.2, -0.15) is 16.9 Å². The lowest BCUT2D eigenvalue weighted by molar-refractivity contribution is 0.0181. The Bertz CT molecular complexity index is 841. The molecule has 5 rings (SSSR count). The smallest absolute Gasteiger partial charge is 0.148 e. The van der Waals surface area contributed by atoms with Crippen LogP contribution in [0.3, 0.4) is 0 Å². The molecule has 0 aromatic carbocycles. The minimum Gasteiger partial charge on any atom is -0.366 e. The molecule has 2 aromatic rings. The van der Waals surface area contributed by atoms with E-state index in [1.807, 2.05) is 24.9 Å². The number of likely N-dealkylation sites (tertiary alicyclic amines) is 1. The maximum absolute atomic E-state index is 4.43. The number of piperidine rings is 1. The molecule has 1 aliphatic carbocycles. The fraction of sp³-hybridized carbons (Fsp3) is 0.696. The highest BCUT2D eigenvalue weighted by Crippen LogP contribution is 2.50. The van der Waals surface area contributed by atoms with Crippen LogP contribution in [-0.2, 0) is 7.05 Å². The summed E-state index contributed by atoms with van der Waals surface area (Å²) in [4.78, 5) is 2.75. The largest absolute Gasteiger partial charge is 0.366 e. The summed E-state index contributed by atoms with van der Waals surface area (Å²) in [7, 11) is 1.94. The standard InChI is InChI=1S/C23H34N6S/c1-17-20(16-28(2)27-17)21-3-4-22(26-25-21)24-19-13-23(14-19)7-9-29(10-8-23)15-18-5-11-30-12-6-18/h3-4,16,18-19H,5-15H2,1-2H3,(H,24,26). The fourth-order valence-corrected chi connectivity index (χ4v) is 6.82. The molecule has 0 unspecified atom stereocenters. The van der Waals surface area contributed by atoms with Gasteiger partial charge in [0, 0.05) is 31.4 Å². The average molecular weight is 427 g/mol. The third-order valence-electron chi connectivity index (χ3n) is 7.44. The summed E-state index contributed by atoms with van der Waals surface area (Å²) in [5.41, 5.74) is 3.51. The molecule has 2 saturated heterocycles. The number of anilines is 1. The molecule has 30 heavy (non-hydrogen) atoms. The van der Waals surface area contributed by atoms with Gasteiger partial charge in [0.15, 0.2) is 0 Å². The normalized spacial score (nSPS) is 22.9. The Labute approximate surface area is 184 Å². The highest BCUT2D eigenvalue weighted by atomic mass is 32.2. The topological polar surface area (TPSA) is 58.9 Å². The van der Waals surface area contributed by atoms with Crippen molar-refractivity contribution in [3.05, 3.63) is 24.0 Å². The van der Waals surface area contributed by atoms with Gasteiger partial charge in [0.25, 0.3) is 0 Å². The summed E-state index contributed by atoms with van der Waals surface area (Å²) in [6.45, 7) is 5.96. The summed E-state index contributed by atoms with van der Waals surface area (Å²) >= 11 is 2.14. The molecule has 0 atom stereocenters.